The summed E-state index contributed by atoms with van der Waals surface area (Å²) in [7, 11) is 0. The van der Waals surface area contributed by atoms with Crippen molar-refractivity contribution in [2.75, 3.05) is 13.1 Å². The Balaban J connectivity index is 1.44. The van der Waals surface area contributed by atoms with Crippen molar-refractivity contribution < 1.29 is 14.1 Å². The molecule has 0 bridgehead atoms. The maximum atomic E-state index is 12.8. The van der Waals surface area contributed by atoms with E-state index >= 15 is 0 Å². The van der Waals surface area contributed by atoms with Gasteiger partial charge in [0.05, 0.1) is 5.56 Å². The van der Waals surface area contributed by atoms with Gasteiger partial charge in [0.1, 0.15) is 5.75 Å². The molecule has 1 amide bonds. The van der Waals surface area contributed by atoms with Crippen molar-refractivity contribution in [2.24, 2.45) is 0 Å². The minimum absolute atomic E-state index is 0.0184. The van der Waals surface area contributed by atoms with E-state index in [1.54, 1.807) is 24.5 Å². The molecule has 28 heavy (non-hydrogen) atoms. The standard InChI is InChI=1S/C21H22N4O3/c1-21(10-6-12-25(15-21)19(26)16-7-5-11-22-13-16)20-23-18(28-24-20)14-27-17-8-3-2-4-9-17/h2-5,7-9,11,13H,6,10,12,14-15H2,1H3. The van der Waals surface area contributed by atoms with E-state index in [-0.39, 0.29) is 17.9 Å². The molecule has 1 unspecified atom stereocenters. The number of hydrogen-bond donors (Lipinski definition) is 0. The molecular formula is C21H22N4O3. The number of rotatable bonds is 5. The van der Waals surface area contributed by atoms with E-state index in [0.717, 1.165) is 18.6 Å². The van der Waals surface area contributed by atoms with E-state index in [1.165, 1.54) is 0 Å². The van der Waals surface area contributed by atoms with Crippen molar-refractivity contribution in [3.8, 4) is 5.75 Å². The number of likely N-dealkylation sites (tertiary alicyclic amines) is 1. The maximum absolute atomic E-state index is 12.8. The van der Waals surface area contributed by atoms with Crippen LogP contribution in [-0.2, 0) is 12.0 Å². The van der Waals surface area contributed by atoms with E-state index in [4.69, 9.17) is 9.26 Å². The first-order valence-electron chi connectivity index (χ1n) is 9.34. The van der Waals surface area contributed by atoms with Gasteiger partial charge in [0.25, 0.3) is 11.8 Å². The number of carbonyl (C=O) groups is 1. The summed E-state index contributed by atoms with van der Waals surface area (Å²) in [5.74, 6) is 1.77. The quantitative estimate of drug-likeness (QED) is 0.678. The predicted molar refractivity (Wildman–Crippen MR) is 102 cm³/mol. The summed E-state index contributed by atoms with van der Waals surface area (Å²) in [4.78, 5) is 23.2. The molecule has 0 saturated carbocycles. The fourth-order valence-corrected chi connectivity index (χ4v) is 3.49. The zero-order valence-corrected chi connectivity index (χ0v) is 15.7. The van der Waals surface area contributed by atoms with Gasteiger partial charge in [-0.3, -0.25) is 9.78 Å². The lowest BCUT2D eigenvalue weighted by molar-refractivity contribution is 0.0641. The van der Waals surface area contributed by atoms with Crippen LogP contribution >= 0.6 is 0 Å². The lowest BCUT2D eigenvalue weighted by Crippen LogP contribution is -2.47. The second-order valence-electron chi connectivity index (χ2n) is 7.25. The second kappa shape index (κ2) is 7.80. The fourth-order valence-electron chi connectivity index (χ4n) is 3.49. The van der Waals surface area contributed by atoms with Gasteiger partial charge in [-0.25, -0.2) is 0 Å². The monoisotopic (exact) mass is 378 g/mol. The van der Waals surface area contributed by atoms with E-state index in [0.29, 0.717) is 30.4 Å². The molecule has 7 nitrogen and oxygen atoms in total. The van der Waals surface area contributed by atoms with E-state index < -0.39 is 0 Å². The summed E-state index contributed by atoms with van der Waals surface area (Å²) in [6.07, 6.45) is 5.03. The first-order chi connectivity index (χ1) is 13.6. The zero-order chi connectivity index (χ0) is 19.4. The van der Waals surface area contributed by atoms with E-state index in [1.807, 2.05) is 35.2 Å². The molecule has 1 aromatic carbocycles. The smallest absolute Gasteiger partial charge is 0.264 e. The molecule has 144 valence electrons. The zero-order valence-electron chi connectivity index (χ0n) is 15.7. The minimum atomic E-state index is -0.357. The highest BCUT2D eigenvalue weighted by Gasteiger charge is 2.38. The molecule has 1 atom stereocenters. The van der Waals surface area contributed by atoms with Crippen LogP contribution in [0.15, 0.2) is 59.4 Å². The molecular weight excluding hydrogens is 356 g/mol. The maximum Gasteiger partial charge on any atom is 0.264 e. The Kier molecular flexibility index (Phi) is 5.06. The highest BCUT2D eigenvalue weighted by atomic mass is 16.5. The summed E-state index contributed by atoms with van der Waals surface area (Å²) in [5, 5.41) is 4.17. The lowest BCUT2D eigenvalue weighted by atomic mass is 9.81. The van der Waals surface area contributed by atoms with Gasteiger partial charge >= 0.3 is 0 Å². The van der Waals surface area contributed by atoms with Crippen LogP contribution in [0.1, 0.15) is 41.8 Å². The number of aromatic nitrogens is 3. The Hall–Kier alpha value is -3.22. The molecule has 1 aliphatic heterocycles. The summed E-state index contributed by atoms with van der Waals surface area (Å²) in [6, 6.07) is 13.1. The predicted octanol–water partition coefficient (Wildman–Crippen LogP) is 3.24. The molecule has 2 aromatic heterocycles. The topological polar surface area (TPSA) is 81.4 Å². The molecule has 3 aromatic rings. The van der Waals surface area contributed by atoms with Crippen molar-refractivity contribution in [3.63, 3.8) is 0 Å². The molecule has 0 aliphatic carbocycles. The van der Waals surface area contributed by atoms with E-state index in [2.05, 4.69) is 22.0 Å². The average molecular weight is 378 g/mol. The first-order valence-corrected chi connectivity index (χ1v) is 9.34. The summed E-state index contributed by atoms with van der Waals surface area (Å²) in [6.45, 7) is 3.54. The highest BCUT2D eigenvalue weighted by molar-refractivity contribution is 5.94. The molecule has 1 saturated heterocycles. The minimum Gasteiger partial charge on any atom is -0.484 e. The third kappa shape index (κ3) is 3.88. The van der Waals surface area contributed by atoms with Crippen LogP contribution in [-0.4, -0.2) is 39.0 Å². The highest BCUT2D eigenvalue weighted by Crippen LogP contribution is 2.32. The molecule has 0 N–H and O–H groups in total. The van der Waals surface area contributed by atoms with Crippen LogP contribution in [0.25, 0.3) is 0 Å². The van der Waals surface area contributed by atoms with Crippen LogP contribution in [0.2, 0.25) is 0 Å². The first kappa shape index (κ1) is 18.2. The number of carbonyl (C=O) groups excluding carboxylic acids is 1. The Morgan fingerprint density at radius 1 is 1.25 bits per heavy atom. The largest absolute Gasteiger partial charge is 0.484 e. The van der Waals surface area contributed by atoms with Gasteiger partial charge in [0.15, 0.2) is 12.4 Å². The Morgan fingerprint density at radius 3 is 2.89 bits per heavy atom. The molecule has 0 radical (unpaired) electrons. The van der Waals surface area contributed by atoms with Gasteiger partial charge in [-0.05, 0) is 37.1 Å². The molecule has 7 heteroatoms. The summed E-state index contributed by atoms with van der Waals surface area (Å²) >= 11 is 0. The summed E-state index contributed by atoms with van der Waals surface area (Å²) < 4.78 is 11.1. The number of ether oxygens (including phenoxy) is 1. The van der Waals surface area contributed by atoms with Crippen LogP contribution in [0, 0.1) is 0 Å². The van der Waals surface area contributed by atoms with Gasteiger partial charge in [-0.15, -0.1) is 0 Å². The number of benzene rings is 1. The van der Waals surface area contributed by atoms with Crippen LogP contribution in [0.5, 0.6) is 5.75 Å². The van der Waals surface area contributed by atoms with Crippen molar-refractivity contribution in [1.29, 1.82) is 0 Å². The summed E-state index contributed by atoms with van der Waals surface area (Å²) in [5.41, 5.74) is 0.238. The number of amides is 1. The van der Waals surface area contributed by atoms with Gasteiger partial charge < -0.3 is 14.2 Å². The number of pyridine rings is 1. The third-order valence-corrected chi connectivity index (χ3v) is 5.01. The van der Waals surface area contributed by atoms with Gasteiger partial charge in [0, 0.05) is 30.9 Å². The lowest BCUT2D eigenvalue weighted by Gasteiger charge is -2.38. The fraction of sp³-hybridized carbons (Fsp3) is 0.333. The molecule has 0 spiro atoms. The van der Waals surface area contributed by atoms with Crippen molar-refractivity contribution in [1.82, 2.24) is 20.0 Å². The molecule has 1 fully saturated rings. The van der Waals surface area contributed by atoms with Crippen LogP contribution in [0.3, 0.4) is 0 Å². The third-order valence-electron chi connectivity index (χ3n) is 5.01. The van der Waals surface area contributed by atoms with Crippen LogP contribution in [0.4, 0.5) is 0 Å². The average Bonchev–Trinajstić information content (AvgIpc) is 3.23. The molecule has 4 rings (SSSR count). The number of piperidine rings is 1. The van der Waals surface area contributed by atoms with Crippen LogP contribution < -0.4 is 4.74 Å². The van der Waals surface area contributed by atoms with Crippen molar-refractivity contribution in [3.05, 3.63) is 72.1 Å². The Labute approximate surface area is 163 Å². The number of nitrogens with zero attached hydrogens (tertiary/aromatic N) is 4. The normalized spacial score (nSPS) is 19.4. The Morgan fingerprint density at radius 2 is 2.11 bits per heavy atom. The molecule has 1 aliphatic rings. The van der Waals surface area contributed by atoms with Gasteiger partial charge in [-0.1, -0.05) is 30.3 Å². The molecule has 3 heterocycles. The van der Waals surface area contributed by atoms with Crippen molar-refractivity contribution >= 4 is 5.91 Å². The number of para-hydroxylation sites is 1. The van der Waals surface area contributed by atoms with Gasteiger partial charge in [-0.2, -0.15) is 4.98 Å². The SMILES string of the molecule is CC1(c2noc(COc3ccccc3)n2)CCCN(C(=O)c2cccnc2)C1. The van der Waals surface area contributed by atoms with Gasteiger partial charge in [0.2, 0.25) is 0 Å². The van der Waals surface area contributed by atoms with Crippen molar-refractivity contribution in [2.45, 2.75) is 31.8 Å². The Bertz CT molecular complexity index is 929. The second-order valence-corrected chi connectivity index (χ2v) is 7.25. The van der Waals surface area contributed by atoms with E-state index in [9.17, 15) is 4.79 Å². The number of hydrogen-bond acceptors (Lipinski definition) is 6.